The van der Waals surface area contributed by atoms with Crippen LogP contribution in [-0.2, 0) is 4.79 Å². The summed E-state index contributed by atoms with van der Waals surface area (Å²) in [6, 6.07) is 5.92. The number of amides is 1. The van der Waals surface area contributed by atoms with E-state index in [0.29, 0.717) is 13.1 Å². The number of para-hydroxylation sites is 1. The Bertz CT molecular complexity index is 412. The minimum atomic E-state index is 0.0370. The zero-order valence-corrected chi connectivity index (χ0v) is 8.79. The maximum Gasteiger partial charge on any atom is 0.243 e. The van der Waals surface area contributed by atoms with E-state index in [1.165, 1.54) is 5.56 Å². The Morgan fingerprint density at radius 2 is 2.40 bits per heavy atom. The number of carbonyl (C=O) groups excluding carboxylic acids is 1. The van der Waals surface area contributed by atoms with E-state index in [-0.39, 0.29) is 5.91 Å². The van der Waals surface area contributed by atoms with Gasteiger partial charge < -0.3 is 10.2 Å². The molecule has 0 saturated carbocycles. The Morgan fingerprint density at radius 3 is 3.13 bits per heavy atom. The number of fused-ring (bicyclic) bond motifs is 1. The van der Waals surface area contributed by atoms with Crippen molar-refractivity contribution in [1.82, 2.24) is 0 Å². The third-order valence-electron chi connectivity index (χ3n) is 2.51. The van der Waals surface area contributed by atoms with Crippen LogP contribution in [0.25, 0.3) is 0 Å². The van der Waals surface area contributed by atoms with Crippen molar-refractivity contribution >= 4 is 17.3 Å². The quantitative estimate of drug-likeness (QED) is 0.743. The smallest absolute Gasteiger partial charge is 0.243 e. The highest BCUT2D eigenvalue weighted by Crippen LogP contribution is 2.32. The summed E-state index contributed by atoms with van der Waals surface area (Å²) in [7, 11) is 0. The number of aryl methyl sites for hydroxylation is 1. The van der Waals surface area contributed by atoms with Crippen molar-refractivity contribution in [2.75, 3.05) is 23.3 Å². The summed E-state index contributed by atoms with van der Waals surface area (Å²) >= 11 is 0. The van der Waals surface area contributed by atoms with Crippen LogP contribution in [0.15, 0.2) is 30.9 Å². The molecule has 1 amide bonds. The van der Waals surface area contributed by atoms with Gasteiger partial charge in [-0.2, -0.15) is 0 Å². The van der Waals surface area contributed by atoms with E-state index in [1.54, 1.807) is 0 Å². The molecule has 0 spiro atoms. The minimum Gasteiger partial charge on any atom is -0.357 e. The first-order valence-corrected chi connectivity index (χ1v) is 4.97. The average Bonchev–Trinajstić information content (AvgIpc) is 2.17. The second-order valence-corrected chi connectivity index (χ2v) is 3.69. The summed E-state index contributed by atoms with van der Waals surface area (Å²) < 4.78 is 0. The Morgan fingerprint density at radius 1 is 1.60 bits per heavy atom. The molecule has 1 aromatic carbocycles. The summed E-state index contributed by atoms with van der Waals surface area (Å²) in [5.41, 5.74) is 3.18. The molecule has 0 aromatic heterocycles. The van der Waals surface area contributed by atoms with Crippen molar-refractivity contribution in [2.45, 2.75) is 6.92 Å². The molecular weight excluding hydrogens is 188 g/mol. The van der Waals surface area contributed by atoms with Gasteiger partial charge in [-0.3, -0.25) is 4.79 Å². The Labute approximate surface area is 89.4 Å². The lowest BCUT2D eigenvalue weighted by Gasteiger charge is -2.31. The number of hydrogen-bond acceptors (Lipinski definition) is 2. The van der Waals surface area contributed by atoms with Gasteiger partial charge in [0, 0.05) is 6.54 Å². The number of carbonyl (C=O) groups is 1. The van der Waals surface area contributed by atoms with Gasteiger partial charge in [-0.15, -0.1) is 6.58 Å². The highest BCUT2D eigenvalue weighted by atomic mass is 16.2. The standard InChI is InChI=1S/C12H14N2O/c1-3-7-14-8-11(15)13-10-6-4-5-9(2)12(10)14/h3-6H,1,7-8H2,2H3,(H,13,15). The fourth-order valence-electron chi connectivity index (χ4n) is 1.93. The fourth-order valence-corrected chi connectivity index (χ4v) is 1.93. The van der Waals surface area contributed by atoms with Crippen LogP contribution < -0.4 is 10.2 Å². The van der Waals surface area contributed by atoms with Crippen LogP contribution in [0.4, 0.5) is 11.4 Å². The minimum absolute atomic E-state index is 0.0370. The zero-order valence-electron chi connectivity index (χ0n) is 8.79. The highest BCUT2D eigenvalue weighted by Gasteiger charge is 2.21. The molecular formula is C12H14N2O. The molecule has 1 N–H and O–H groups in total. The number of hydrogen-bond donors (Lipinski definition) is 1. The lowest BCUT2D eigenvalue weighted by atomic mass is 10.1. The third kappa shape index (κ3) is 1.73. The summed E-state index contributed by atoms with van der Waals surface area (Å²) in [5, 5.41) is 2.87. The monoisotopic (exact) mass is 202 g/mol. The molecule has 0 bridgehead atoms. The maximum absolute atomic E-state index is 11.4. The number of nitrogens with one attached hydrogen (secondary N) is 1. The first-order valence-electron chi connectivity index (χ1n) is 4.97. The number of rotatable bonds is 2. The van der Waals surface area contributed by atoms with E-state index in [4.69, 9.17) is 0 Å². The van der Waals surface area contributed by atoms with E-state index in [9.17, 15) is 4.79 Å². The van der Waals surface area contributed by atoms with Crippen molar-refractivity contribution in [3.05, 3.63) is 36.4 Å². The molecule has 3 heteroatoms. The molecule has 1 aromatic rings. The molecule has 2 rings (SSSR count). The average molecular weight is 202 g/mol. The molecule has 0 unspecified atom stereocenters. The highest BCUT2D eigenvalue weighted by molar-refractivity contribution is 6.01. The van der Waals surface area contributed by atoms with Crippen LogP contribution in [0, 0.1) is 6.92 Å². The zero-order chi connectivity index (χ0) is 10.8. The van der Waals surface area contributed by atoms with E-state index in [2.05, 4.69) is 11.9 Å². The number of nitrogens with zero attached hydrogens (tertiary/aromatic N) is 1. The van der Waals surface area contributed by atoms with Crippen LogP contribution in [0.2, 0.25) is 0 Å². The molecule has 0 saturated heterocycles. The molecule has 1 heterocycles. The van der Waals surface area contributed by atoms with Gasteiger partial charge in [-0.05, 0) is 18.6 Å². The van der Waals surface area contributed by atoms with Crippen molar-refractivity contribution < 1.29 is 4.79 Å². The van der Waals surface area contributed by atoms with Crippen LogP contribution in [0.5, 0.6) is 0 Å². The van der Waals surface area contributed by atoms with Crippen LogP contribution >= 0.6 is 0 Å². The maximum atomic E-state index is 11.4. The van der Waals surface area contributed by atoms with Crippen molar-refractivity contribution in [1.29, 1.82) is 0 Å². The summed E-state index contributed by atoms with van der Waals surface area (Å²) in [4.78, 5) is 13.5. The van der Waals surface area contributed by atoms with E-state index < -0.39 is 0 Å². The van der Waals surface area contributed by atoms with E-state index >= 15 is 0 Å². The summed E-state index contributed by atoms with van der Waals surface area (Å²) in [6.07, 6.45) is 1.81. The molecule has 0 atom stereocenters. The molecule has 3 nitrogen and oxygen atoms in total. The van der Waals surface area contributed by atoms with Gasteiger partial charge in [-0.1, -0.05) is 18.2 Å². The number of benzene rings is 1. The summed E-state index contributed by atoms with van der Waals surface area (Å²) in [5.74, 6) is 0.0370. The fraction of sp³-hybridized carbons (Fsp3) is 0.250. The van der Waals surface area contributed by atoms with Gasteiger partial charge in [0.05, 0.1) is 17.9 Å². The van der Waals surface area contributed by atoms with Gasteiger partial charge in [0.1, 0.15) is 0 Å². The topological polar surface area (TPSA) is 32.3 Å². The number of anilines is 2. The van der Waals surface area contributed by atoms with Crippen molar-refractivity contribution in [3.63, 3.8) is 0 Å². The summed E-state index contributed by atoms with van der Waals surface area (Å²) in [6.45, 7) is 6.86. The molecule has 1 aliphatic heterocycles. The SMILES string of the molecule is C=CCN1CC(=O)Nc2cccc(C)c21. The third-order valence-corrected chi connectivity index (χ3v) is 2.51. The Balaban J connectivity index is 2.47. The Hall–Kier alpha value is -1.77. The van der Waals surface area contributed by atoms with Gasteiger partial charge in [-0.25, -0.2) is 0 Å². The van der Waals surface area contributed by atoms with Crippen LogP contribution in [0.1, 0.15) is 5.56 Å². The van der Waals surface area contributed by atoms with E-state index in [0.717, 1.165) is 11.4 Å². The van der Waals surface area contributed by atoms with E-state index in [1.807, 2.05) is 36.1 Å². The second kappa shape index (κ2) is 3.77. The first kappa shape index (κ1) is 9.77. The van der Waals surface area contributed by atoms with Crippen LogP contribution in [0.3, 0.4) is 0 Å². The lowest BCUT2D eigenvalue weighted by Crippen LogP contribution is -2.38. The molecule has 1 aliphatic rings. The van der Waals surface area contributed by atoms with Crippen molar-refractivity contribution in [3.8, 4) is 0 Å². The predicted octanol–water partition coefficient (Wildman–Crippen LogP) is 1.94. The molecule has 0 fully saturated rings. The normalized spacial score (nSPS) is 14.5. The Kier molecular flexibility index (Phi) is 2.46. The molecule has 78 valence electrons. The molecule has 0 aliphatic carbocycles. The van der Waals surface area contributed by atoms with Gasteiger partial charge in [0.15, 0.2) is 0 Å². The van der Waals surface area contributed by atoms with Crippen LogP contribution in [-0.4, -0.2) is 19.0 Å². The molecule has 15 heavy (non-hydrogen) atoms. The van der Waals surface area contributed by atoms with Gasteiger partial charge >= 0.3 is 0 Å². The van der Waals surface area contributed by atoms with Gasteiger partial charge in [0.2, 0.25) is 5.91 Å². The second-order valence-electron chi connectivity index (χ2n) is 3.69. The molecule has 0 radical (unpaired) electrons. The first-order chi connectivity index (χ1) is 7.22. The van der Waals surface area contributed by atoms with Gasteiger partial charge in [0.25, 0.3) is 0 Å². The largest absolute Gasteiger partial charge is 0.357 e. The predicted molar refractivity (Wildman–Crippen MR) is 62.2 cm³/mol. The van der Waals surface area contributed by atoms with Crippen molar-refractivity contribution in [2.24, 2.45) is 0 Å². The lowest BCUT2D eigenvalue weighted by molar-refractivity contribution is -0.115.